The van der Waals surface area contributed by atoms with E-state index in [0.29, 0.717) is 11.7 Å². The molecule has 0 aromatic carbocycles. The molecule has 1 saturated heterocycles. The van der Waals surface area contributed by atoms with E-state index in [1.807, 2.05) is 12.1 Å². The molecular weight excluding hydrogens is 252 g/mol. The van der Waals surface area contributed by atoms with E-state index < -0.39 is 0 Å². The summed E-state index contributed by atoms with van der Waals surface area (Å²) in [5.41, 5.74) is 0.845. The van der Waals surface area contributed by atoms with Crippen molar-refractivity contribution >= 4 is 17.4 Å². The number of halogens is 1. The molecule has 1 fully saturated rings. The Hall–Kier alpha value is -1.62. The van der Waals surface area contributed by atoms with Gasteiger partial charge in [-0.25, -0.2) is 4.98 Å². The molecule has 0 amide bonds. The van der Waals surface area contributed by atoms with Crippen molar-refractivity contribution in [3.63, 3.8) is 0 Å². The fourth-order valence-electron chi connectivity index (χ4n) is 2.08. The van der Waals surface area contributed by atoms with Crippen molar-refractivity contribution in [3.8, 4) is 11.4 Å². The Balaban J connectivity index is 1.81. The number of nitrogens with zero attached hydrogens (tertiary/aromatic N) is 4. The van der Waals surface area contributed by atoms with Crippen molar-refractivity contribution in [3.05, 3.63) is 24.2 Å². The molecule has 0 unspecified atom stereocenters. The zero-order chi connectivity index (χ0) is 12.4. The number of hydrogen-bond acceptors (Lipinski definition) is 5. The van der Waals surface area contributed by atoms with Crippen molar-refractivity contribution in [2.45, 2.75) is 18.7 Å². The van der Waals surface area contributed by atoms with Gasteiger partial charge in [-0.2, -0.15) is 4.98 Å². The van der Waals surface area contributed by atoms with Gasteiger partial charge in [-0.05, 0) is 25.0 Å². The maximum atomic E-state index is 5.62. The van der Waals surface area contributed by atoms with Gasteiger partial charge in [0.05, 0.1) is 0 Å². The van der Waals surface area contributed by atoms with Gasteiger partial charge < -0.3 is 9.42 Å². The molecule has 0 saturated carbocycles. The lowest BCUT2D eigenvalue weighted by Gasteiger charge is -2.15. The van der Waals surface area contributed by atoms with Crippen LogP contribution in [0.3, 0.4) is 0 Å². The molecule has 0 atom stereocenters. The molecule has 94 valence electrons. The predicted octanol–water partition coefficient (Wildman–Crippen LogP) is 2.47. The molecule has 18 heavy (non-hydrogen) atoms. The van der Waals surface area contributed by atoms with Gasteiger partial charge in [0.25, 0.3) is 0 Å². The lowest BCUT2D eigenvalue weighted by Crippen LogP contribution is -2.18. The van der Waals surface area contributed by atoms with E-state index in [1.54, 1.807) is 6.20 Å². The zero-order valence-corrected chi connectivity index (χ0v) is 10.6. The third-order valence-corrected chi connectivity index (χ3v) is 3.25. The van der Waals surface area contributed by atoms with Crippen molar-refractivity contribution in [1.29, 1.82) is 0 Å². The van der Waals surface area contributed by atoms with Crippen LogP contribution in [-0.2, 0) is 5.88 Å². The normalized spacial score (nSPS) is 15.3. The summed E-state index contributed by atoms with van der Waals surface area (Å²) < 4.78 is 4.97. The fraction of sp³-hybridized carbons (Fsp3) is 0.417. The Kier molecular flexibility index (Phi) is 3.15. The number of rotatable bonds is 3. The lowest BCUT2D eigenvalue weighted by molar-refractivity contribution is 0.391. The molecule has 3 rings (SSSR count). The quantitative estimate of drug-likeness (QED) is 0.797. The van der Waals surface area contributed by atoms with Crippen LogP contribution in [0.1, 0.15) is 18.7 Å². The third kappa shape index (κ3) is 2.18. The highest BCUT2D eigenvalue weighted by Crippen LogP contribution is 2.21. The van der Waals surface area contributed by atoms with Gasteiger partial charge in [0.2, 0.25) is 11.7 Å². The maximum absolute atomic E-state index is 5.62. The van der Waals surface area contributed by atoms with Crippen LogP contribution < -0.4 is 4.90 Å². The largest absolute Gasteiger partial charge is 0.357 e. The van der Waals surface area contributed by atoms with Gasteiger partial charge in [-0.15, -0.1) is 11.6 Å². The second kappa shape index (κ2) is 4.94. The highest BCUT2D eigenvalue weighted by molar-refractivity contribution is 6.16. The van der Waals surface area contributed by atoms with Gasteiger partial charge >= 0.3 is 0 Å². The molecule has 2 aromatic rings. The third-order valence-electron chi connectivity index (χ3n) is 3.02. The first-order valence-corrected chi connectivity index (χ1v) is 6.50. The average Bonchev–Trinajstić information content (AvgIpc) is 3.10. The maximum Gasteiger partial charge on any atom is 0.241 e. The van der Waals surface area contributed by atoms with Crippen LogP contribution in [0.25, 0.3) is 11.4 Å². The Morgan fingerprint density at radius 3 is 2.72 bits per heavy atom. The zero-order valence-electron chi connectivity index (χ0n) is 9.84. The molecule has 0 aliphatic carbocycles. The molecular formula is C12H13ClN4O. The average molecular weight is 265 g/mol. The number of hydrogen-bond donors (Lipinski definition) is 0. The monoisotopic (exact) mass is 264 g/mol. The first-order valence-electron chi connectivity index (χ1n) is 5.97. The molecule has 0 radical (unpaired) electrons. The minimum Gasteiger partial charge on any atom is -0.357 e. The highest BCUT2D eigenvalue weighted by Gasteiger charge is 2.14. The lowest BCUT2D eigenvalue weighted by atomic mass is 10.2. The predicted molar refractivity (Wildman–Crippen MR) is 68.5 cm³/mol. The van der Waals surface area contributed by atoms with Crippen LogP contribution in [0, 0.1) is 0 Å². The number of alkyl halides is 1. The summed E-state index contributed by atoms with van der Waals surface area (Å²) in [6, 6.07) is 3.96. The molecule has 3 heterocycles. The molecule has 5 nitrogen and oxygen atoms in total. The van der Waals surface area contributed by atoms with Crippen LogP contribution in [0.2, 0.25) is 0 Å². The SMILES string of the molecule is ClCc1nc(-c2ccc(N3CCCC3)nc2)no1. The number of anilines is 1. The van der Waals surface area contributed by atoms with E-state index in [0.717, 1.165) is 24.5 Å². The molecule has 0 bridgehead atoms. The molecule has 1 aliphatic rings. The topological polar surface area (TPSA) is 55.1 Å². The van der Waals surface area contributed by atoms with Crippen LogP contribution in [-0.4, -0.2) is 28.2 Å². The van der Waals surface area contributed by atoms with Gasteiger partial charge in [-0.3, -0.25) is 0 Å². The van der Waals surface area contributed by atoms with Crippen molar-refractivity contribution in [1.82, 2.24) is 15.1 Å². The van der Waals surface area contributed by atoms with Gasteiger partial charge in [-0.1, -0.05) is 5.16 Å². The molecule has 2 aromatic heterocycles. The Labute approximate surface area is 110 Å². The van der Waals surface area contributed by atoms with Gasteiger partial charge in [0.15, 0.2) is 0 Å². The van der Waals surface area contributed by atoms with E-state index in [-0.39, 0.29) is 5.88 Å². The minimum atomic E-state index is 0.228. The van der Waals surface area contributed by atoms with E-state index in [2.05, 4.69) is 20.0 Å². The summed E-state index contributed by atoms with van der Waals surface area (Å²) in [7, 11) is 0. The standard InChI is InChI=1S/C12H13ClN4O/c13-7-11-15-12(16-18-11)9-3-4-10(14-8-9)17-5-1-2-6-17/h3-4,8H,1-2,5-7H2. The van der Waals surface area contributed by atoms with Gasteiger partial charge in [0, 0.05) is 24.8 Å². The molecule has 6 heteroatoms. The Morgan fingerprint density at radius 1 is 1.28 bits per heavy atom. The number of aromatic nitrogens is 3. The summed E-state index contributed by atoms with van der Waals surface area (Å²) >= 11 is 5.62. The van der Waals surface area contributed by atoms with Crippen LogP contribution >= 0.6 is 11.6 Å². The first-order chi connectivity index (χ1) is 8.86. The van der Waals surface area contributed by atoms with E-state index in [9.17, 15) is 0 Å². The fourth-order valence-corrected chi connectivity index (χ4v) is 2.19. The first kappa shape index (κ1) is 11.5. The van der Waals surface area contributed by atoms with E-state index in [4.69, 9.17) is 16.1 Å². The van der Waals surface area contributed by atoms with Crippen molar-refractivity contribution in [2.24, 2.45) is 0 Å². The summed E-state index contributed by atoms with van der Waals surface area (Å²) in [6.45, 7) is 2.18. The molecule has 0 N–H and O–H groups in total. The summed E-state index contributed by atoms with van der Waals surface area (Å²) in [6.07, 6.45) is 4.26. The second-order valence-electron chi connectivity index (χ2n) is 4.24. The smallest absolute Gasteiger partial charge is 0.241 e. The van der Waals surface area contributed by atoms with Crippen LogP contribution in [0.4, 0.5) is 5.82 Å². The van der Waals surface area contributed by atoms with E-state index >= 15 is 0 Å². The van der Waals surface area contributed by atoms with Crippen molar-refractivity contribution in [2.75, 3.05) is 18.0 Å². The molecule has 1 aliphatic heterocycles. The van der Waals surface area contributed by atoms with Crippen molar-refractivity contribution < 1.29 is 4.52 Å². The van der Waals surface area contributed by atoms with E-state index in [1.165, 1.54) is 12.8 Å². The Bertz CT molecular complexity index is 519. The summed E-state index contributed by atoms with van der Waals surface area (Å²) in [5, 5.41) is 3.86. The minimum absolute atomic E-state index is 0.228. The molecule has 0 spiro atoms. The summed E-state index contributed by atoms with van der Waals surface area (Å²) in [5.74, 6) is 2.20. The van der Waals surface area contributed by atoms with Crippen LogP contribution in [0.5, 0.6) is 0 Å². The summed E-state index contributed by atoms with van der Waals surface area (Å²) in [4.78, 5) is 10.9. The van der Waals surface area contributed by atoms with Gasteiger partial charge in [0.1, 0.15) is 11.7 Å². The highest BCUT2D eigenvalue weighted by atomic mass is 35.5. The second-order valence-corrected chi connectivity index (χ2v) is 4.51. The Morgan fingerprint density at radius 2 is 2.11 bits per heavy atom. The van der Waals surface area contributed by atoms with Crippen LogP contribution in [0.15, 0.2) is 22.9 Å². The number of pyridine rings is 1.